The number of nitrogens with one attached hydrogen (secondary N) is 1. The lowest BCUT2D eigenvalue weighted by Crippen LogP contribution is -2.41. The van der Waals surface area contributed by atoms with Crippen LogP contribution in [0.5, 0.6) is 11.5 Å². The summed E-state index contributed by atoms with van der Waals surface area (Å²) in [5, 5.41) is 2.79. The van der Waals surface area contributed by atoms with E-state index in [9.17, 15) is 9.59 Å². The van der Waals surface area contributed by atoms with Gasteiger partial charge in [0.1, 0.15) is 17.9 Å². The molecule has 0 atom stereocenters. The number of ether oxygens (including phenoxy) is 2. The lowest BCUT2D eigenvalue weighted by atomic mass is 9.97. The van der Waals surface area contributed by atoms with Crippen molar-refractivity contribution < 1.29 is 19.1 Å². The molecule has 29 heavy (non-hydrogen) atoms. The Balaban J connectivity index is 1.39. The van der Waals surface area contributed by atoms with Crippen LogP contribution >= 0.6 is 0 Å². The fourth-order valence-corrected chi connectivity index (χ4v) is 3.41. The van der Waals surface area contributed by atoms with E-state index in [-0.39, 0.29) is 18.2 Å². The SMILES string of the molecule is COc1ccc(OCC2CCN(C(=O)CC(=O)Nc3cccc(C)c3)CC2)cc1. The van der Waals surface area contributed by atoms with Crippen molar-refractivity contribution in [1.82, 2.24) is 4.90 Å². The second-order valence-electron chi connectivity index (χ2n) is 7.41. The minimum Gasteiger partial charge on any atom is -0.497 e. The molecule has 1 aliphatic heterocycles. The molecule has 0 aliphatic carbocycles. The summed E-state index contributed by atoms with van der Waals surface area (Å²) >= 11 is 0. The predicted octanol–water partition coefficient (Wildman–Crippen LogP) is 3.65. The fourth-order valence-electron chi connectivity index (χ4n) is 3.41. The van der Waals surface area contributed by atoms with Gasteiger partial charge in [0, 0.05) is 18.8 Å². The number of aryl methyl sites for hydroxylation is 1. The minimum absolute atomic E-state index is 0.121. The molecule has 1 heterocycles. The summed E-state index contributed by atoms with van der Waals surface area (Å²) in [5.74, 6) is 1.63. The third-order valence-electron chi connectivity index (χ3n) is 5.13. The summed E-state index contributed by atoms with van der Waals surface area (Å²) in [7, 11) is 1.64. The molecule has 1 fully saturated rings. The number of benzene rings is 2. The molecule has 1 N–H and O–H groups in total. The van der Waals surface area contributed by atoms with Crippen molar-refractivity contribution in [2.24, 2.45) is 5.92 Å². The third kappa shape index (κ3) is 6.24. The molecule has 1 saturated heterocycles. The van der Waals surface area contributed by atoms with Crippen LogP contribution in [-0.4, -0.2) is 43.5 Å². The third-order valence-corrected chi connectivity index (χ3v) is 5.13. The van der Waals surface area contributed by atoms with Gasteiger partial charge in [0.15, 0.2) is 0 Å². The largest absolute Gasteiger partial charge is 0.497 e. The second-order valence-corrected chi connectivity index (χ2v) is 7.41. The highest BCUT2D eigenvalue weighted by Gasteiger charge is 2.24. The average molecular weight is 396 g/mol. The molecular formula is C23H28N2O4. The van der Waals surface area contributed by atoms with Crippen LogP contribution in [0.25, 0.3) is 0 Å². The smallest absolute Gasteiger partial charge is 0.233 e. The van der Waals surface area contributed by atoms with Crippen LogP contribution in [0.4, 0.5) is 5.69 Å². The molecule has 0 aromatic heterocycles. The van der Waals surface area contributed by atoms with Crippen molar-refractivity contribution in [2.45, 2.75) is 26.2 Å². The van der Waals surface area contributed by atoms with Crippen molar-refractivity contribution in [1.29, 1.82) is 0 Å². The molecule has 154 valence electrons. The molecule has 0 spiro atoms. The van der Waals surface area contributed by atoms with Gasteiger partial charge < -0.3 is 19.7 Å². The van der Waals surface area contributed by atoms with E-state index in [1.54, 1.807) is 12.0 Å². The number of amides is 2. The first-order valence-electron chi connectivity index (χ1n) is 9.94. The number of piperidine rings is 1. The summed E-state index contributed by atoms with van der Waals surface area (Å²) < 4.78 is 11.0. The standard InChI is InChI=1S/C23H28N2O4/c1-17-4-3-5-19(14-17)24-22(26)15-23(27)25-12-10-18(11-13-25)16-29-21-8-6-20(28-2)7-9-21/h3-9,14,18H,10-13,15-16H2,1-2H3,(H,24,26). The van der Waals surface area contributed by atoms with E-state index in [4.69, 9.17) is 9.47 Å². The van der Waals surface area contributed by atoms with E-state index in [0.717, 1.165) is 35.6 Å². The van der Waals surface area contributed by atoms with Gasteiger partial charge in [0.2, 0.25) is 11.8 Å². The van der Waals surface area contributed by atoms with Gasteiger partial charge in [-0.25, -0.2) is 0 Å². The molecule has 3 rings (SSSR count). The van der Waals surface area contributed by atoms with Gasteiger partial charge in [-0.1, -0.05) is 12.1 Å². The van der Waals surface area contributed by atoms with E-state index >= 15 is 0 Å². The van der Waals surface area contributed by atoms with Gasteiger partial charge in [-0.3, -0.25) is 9.59 Å². The molecule has 2 aromatic rings. The molecule has 0 unspecified atom stereocenters. The van der Waals surface area contributed by atoms with Crippen LogP contribution in [0.2, 0.25) is 0 Å². The van der Waals surface area contributed by atoms with E-state index in [0.29, 0.717) is 25.6 Å². The Morgan fingerprint density at radius 1 is 1.07 bits per heavy atom. The summed E-state index contributed by atoms with van der Waals surface area (Å²) in [4.78, 5) is 26.4. The Bertz CT molecular complexity index is 827. The number of rotatable bonds is 7. The molecule has 6 heteroatoms. The number of likely N-dealkylation sites (tertiary alicyclic amines) is 1. The molecule has 0 bridgehead atoms. The van der Waals surface area contributed by atoms with E-state index in [1.165, 1.54) is 0 Å². The minimum atomic E-state index is -0.273. The number of nitrogens with zero attached hydrogens (tertiary/aromatic N) is 1. The first kappa shape index (κ1) is 20.7. The quantitative estimate of drug-likeness (QED) is 0.726. The second kappa shape index (κ2) is 9.96. The Morgan fingerprint density at radius 3 is 2.41 bits per heavy atom. The zero-order valence-electron chi connectivity index (χ0n) is 17.0. The number of hydrogen-bond acceptors (Lipinski definition) is 4. The van der Waals surface area contributed by atoms with Crippen molar-refractivity contribution in [3.05, 3.63) is 54.1 Å². The topological polar surface area (TPSA) is 67.9 Å². The summed E-state index contributed by atoms with van der Waals surface area (Å²) in [6.45, 7) is 3.91. The number of hydrogen-bond donors (Lipinski definition) is 1. The zero-order chi connectivity index (χ0) is 20.6. The summed E-state index contributed by atoms with van der Waals surface area (Å²) in [6, 6.07) is 15.1. The van der Waals surface area contributed by atoms with Crippen molar-refractivity contribution in [3.63, 3.8) is 0 Å². The Morgan fingerprint density at radius 2 is 1.76 bits per heavy atom. The van der Waals surface area contributed by atoms with E-state index < -0.39 is 0 Å². The average Bonchev–Trinajstić information content (AvgIpc) is 2.73. The first-order valence-corrected chi connectivity index (χ1v) is 9.94. The predicted molar refractivity (Wildman–Crippen MR) is 112 cm³/mol. The fraction of sp³-hybridized carbons (Fsp3) is 0.391. The van der Waals surface area contributed by atoms with Crippen molar-refractivity contribution in [2.75, 3.05) is 32.1 Å². The molecule has 2 amide bonds. The first-order chi connectivity index (χ1) is 14.0. The number of carbonyl (C=O) groups is 2. The number of methoxy groups -OCH3 is 1. The van der Waals surface area contributed by atoms with Crippen LogP contribution in [-0.2, 0) is 9.59 Å². The van der Waals surface area contributed by atoms with Crippen LogP contribution in [0.15, 0.2) is 48.5 Å². The maximum Gasteiger partial charge on any atom is 0.233 e. The van der Waals surface area contributed by atoms with Crippen molar-refractivity contribution in [3.8, 4) is 11.5 Å². The van der Waals surface area contributed by atoms with Gasteiger partial charge in [0.25, 0.3) is 0 Å². The Hall–Kier alpha value is -3.02. The Labute approximate surface area is 171 Å². The monoisotopic (exact) mass is 396 g/mol. The highest BCUT2D eigenvalue weighted by atomic mass is 16.5. The summed E-state index contributed by atoms with van der Waals surface area (Å²) in [5.41, 5.74) is 1.78. The number of carbonyl (C=O) groups excluding carboxylic acids is 2. The van der Waals surface area contributed by atoms with E-state index in [2.05, 4.69) is 5.32 Å². The highest BCUT2D eigenvalue weighted by molar-refractivity contribution is 6.03. The Kier molecular flexibility index (Phi) is 7.11. The van der Waals surface area contributed by atoms with E-state index in [1.807, 2.05) is 55.5 Å². The molecular weight excluding hydrogens is 368 g/mol. The normalized spacial score (nSPS) is 14.3. The molecule has 0 saturated carbocycles. The molecule has 0 radical (unpaired) electrons. The molecule has 2 aromatic carbocycles. The van der Waals surface area contributed by atoms with Gasteiger partial charge in [-0.05, 0) is 67.6 Å². The summed E-state index contributed by atoms with van der Waals surface area (Å²) in [6.07, 6.45) is 1.63. The van der Waals surface area contributed by atoms with Crippen LogP contribution < -0.4 is 14.8 Å². The maximum atomic E-state index is 12.4. The van der Waals surface area contributed by atoms with Gasteiger partial charge >= 0.3 is 0 Å². The maximum absolute atomic E-state index is 12.4. The zero-order valence-corrected chi connectivity index (χ0v) is 17.0. The van der Waals surface area contributed by atoms with Gasteiger partial charge in [-0.15, -0.1) is 0 Å². The van der Waals surface area contributed by atoms with Crippen LogP contribution in [0.1, 0.15) is 24.8 Å². The highest BCUT2D eigenvalue weighted by Crippen LogP contribution is 2.22. The van der Waals surface area contributed by atoms with Crippen LogP contribution in [0.3, 0.4) is 0 Å². The lowest BCUT2D eigenvalue weighted by Gasteiger charge is -2.31. The lowest BCUT2D eigenvalue weighted by molar-refractivity contribution is -0.135. The number of anilines is 1. The van der Waals surface area contributed by atoms with Crippen LogP contribution in [0, 0.1) is 12.8 Å². The van der Waals surface area contributed by atoms with Gasteiger partial charge in [0.05, 0.1) is 13.7 Å². The van der Waals surface area contributed by atoms with Crippen molar-refractivity contribution >= 4 is 17.5 Å². The van der Waals surface area contributed by atoms with Gasteiger partial charge in [-0.2, -0.15) is 0 Å². The molecule has 6 nitrogen and oxygen atoms in total. The molecule has 1 aliphatic rings.